The van der Waals surface area contributed by atoms with Gasteiger partial charge in [-0.25, -0.2) is 4.98 Å². The number of amides is 1. The molecule has 1 aromatic carbocycles. The predicted molar refractivity (Wildman–Crippen MR) is 92.3 cm³/mol. The van der Waals surface area contributed by atoms with Gasteiger partial charge in [-0.15, -0.1) is 0 Å². The minimum Gasteiger partial charge on any atom is -0.350 e. The van der Waals surface area contributed by atoms with E-state index >= 15 is 0 Å². The molecule has 0 aliphatic rings. The molecule has 5 nitrogen and oxygen atoms in total. The van der Waals surface area contributed by atoms with Crippen LogP contribution in [0.25, 0.3) is 10.9 Å². The van der Waals surface area contributed by atoms with Crippen molar-refractivity contribution in [3.8, 4) is 0 Å². The topological polar surface area (TPSA) is 51.9 Å². The van der Waals surface area contributed by atoms with Gasteiger partial charge in [0.25, 0.3) is 0 Å². The van der Waals surface area contributed by atoms with Crippen LogP contribution in [0.2, 0.25) is 0 Å². The summed E-state index contributed by atoms with van der Waals surface area (Å²) in [4.78, 5) is 16.6. The Labute approximate surface area is 135 Å². The molecular formula is C18H22N4O. The first kappa shape index (κ1) is 15.3. The van der Waals surface area contributed by atoms with Crippen LogP contribution >= 0.6 is 0 Å². The van der Waals surface area contributed by atoms with Crippen LogP contribution in [0.1, 0.15) is 19.4 Å². The van der Waals surface area contributed by atoms with Crippen molar-refractivity contribution in [2.75, 3.05) is 5.32 Å². The summed E-state index contributed by atoms with van der Waals surface area (Å²) in [6.07, 6.45) is 5.98. The highest BCUT2D eigenvalue weighted by molar-refractivity contribution is 5.95. The molecule has 3 aromatic rings. The van der Waals surface area contributed by atoms with E-state index in [9.17, 15) is 4.79 Å². The van der Waals surface area contributed by atoms with Gasteiger partial charge in [0.05, 0.1) is 6.42 Å². The van der Waals surface area contributed by atoms with Gasteiger partial charge in [0, 0.05) is 43.1 Å². The highest BCUT2D eigenvalue weighted by Crippen LogP contribution is 2.21. The number of nitrogens with one attached hydrogen (secondary N) is 1. The van der Waals surface area contributed by atoms with Crippen molar-refractivity contribution < 1.29 is 4.79 Å². The molecule has 0 fully saturated rings. The van der Waals surface area contributed by atoms with E-state index in [4.69, 9.17) is 0 Å². The van der Waals surface area contributed by atoms with E-state index in [1.165, 1.54) is 0 Å². The standard InChI is InChI=1S/C18H22N4O/c1-13(2)11-22-9-8-19-18(22)20-17(23)10-14-12-21(3)16-7-5-4-6-15(14)16/h4-9,12-13H,10-11H2,1-3H3,(H,19,20,23). The number of aromatic nitrogens is 3. The molecule has 1 N–H and O–H groups in total. The van der Waals surface area contributed by atoms with E-state index in [1.54, 1.807) is 6.20 Å². The Hall–Kier alpha value is -2.56. The third kappa shape index (κ3) is 3.28. The Bertz CT molecular complexity index is 829. The van der Waals surface area contributed by atoms with Gasteiger partial charge in [-0.2, -0.15) is 0 Å². The van der Waals surface area contributed by atoms with Gasteiger partial charge < -0.3 is 9.13 Å². The highest BCUT2D eigenvalue weighted by Gasteiger charge is 2.13. The summed E-state index contributed by atoms with van der Waals surface area (Å²) >= 11 is 0. The summed E-state index contributed by atoms with van der Waals surface area (Å²) in [5.74, 6) is 1.07. The molecular weight excluding hydrogens is 288 g/mol. The normalized spacial score (nSPS) is 11.3. The molecule has 120 valence electrons. The molecule has 0 spiro atoms. The molecule has 0 unspecified atom stereocenters. The zero-order chi connectivity index (χ0) is 16.4. The molecule has 5 heteroatoms. The van der Waals surface area contributed by atoms with Crippen molar-refractivity contribution in [2.45, 2.75) is 26.8 Å². The number of rotatable bonds is 5. The predicted octanol–water partition coefficient (Wildman–Crippen LogP) is 3.21. The molecule has 0 atom stereocenters. The lowest BCUT2D eigenvalue weighted by molar-refractivity contribution is -0.115. The molecule has 0 aliphatic heterocycles. The Morgan fingerprint density at radius 1 is 1.30 bits per heavy atom. The molecule has 23 heavy (non-hydrogen) atoms. The number of hydrogen-bond acceptors (Lipinski definition) is 2. The van der Waals surface area contributed by atoms with E-state index in [2.05, 4.69) is 40.8 Å². The minimum absolute atomic E-state index is 0.0439. The lowest BCUT2D eigenvalue weighted by atomic mass is 10.1. The molecule has 1 amide bonds. The molecule has 0 saturated heterocycles. The average molecular weight is 310 g/mol. The maximum absolute atomic E-state index is 12.4. The van der Waals surface area contributed by atoms with Crippen LogP contribution in [0.5, 0.6) is 0 Å². The van der Waals surface area contributed by atoms with E-state index in [0.29, 0.717) is 18.3 Å². The van der Waals surface area contributed by atoms with Gasteiger partial charge in [-0.3, -0.25) is 10.1 Å². The van der Waals surface area contributed by atoms with E-state index in [1.807, 2.05) is 36.1 Å². The fourth-order valence-electron chi connectivity index (χ4n) is 2.88. The SMILES string of the molecule is CC(C)Cn1ccnc1NC(=O)Cc1cn(C)c2ccccc12. The number of hydrogen-bond donors (Lipinski definition) is 1. The van der Waals surface area contributed by atoms with Gasteiger partial charge in [0.15, 0.2) is 0 Å². The number of imidazole rings is 1. The summed E-state index contributed by atoms with van der Waals surface area (Å²) in [5, 5.41) is 4.04. The zero-order valence-corrected chi connectivity index (χ0v) is 13.8. The van der Waals surface area contributed by atoms with Crippen molar-refractivity contribution in [1.29, 1.82) is 0 Å². The number of anilines is 1. The average Bonchev–Trinajstić information content (AvgIpc) is 3.05. The summed E-state index contributed by atoms with van der Waals surface area (Å²) in [6, 6.07) is 8.12. The molecule has 0 bridgehead atoms. The summed E-state index contributed by atoms with van der Waals surface area (Å²) in [7, 11) is 2.00. The van der Waals surface area contributed by atoms with Crippen LogP contribution in [-0.2, 0) is 24.8 Å². The van der Waals surface area contributed by atoms with E-state index in [-0.39, 0.29) is 5.91 Å². The number of para-hydroxylation sites is 1. The lowest BCUT2D eigenvalue weighted by Gasteiger charge is -2.10. The molecule has 2 aromatic heterocycles. The van der Waals surface area contributed by atoms with Gasteiger partial charge >= 0.3 is 0 Å². The molecule has 0 radical (unpaired) electrons. The van der Waals surface area contributed by atoms with Crippen LogP contribution in [0.3, 0.4) is 0 Å². The number of fused-ring (bicyclic) bond motifs is 1. The molecule has 0 saturated carbocycles. The minimum atomic E-state index is -0.0439. The Balaban J connectivity index is 1.76. The van der Waals surface area contributed by atoms with E-state index < -0.39 is 0 Å². The Morgan fingerprint density at radius 3 is 2.87 bits per heavy atom. The first-order chi connectivity index (χ1) is 11.0. The Morgan fingerprint density at radius 2 is 2.09 bits per heavy atom. The van der Waals surface area contributed by atoms with Crippen LogP contribution < -0.4 is 5.32 Å². The first-order valence-corrected chi connectivity index (χ1v) is 7.88. The quantitative estimate of drug-likeness (QED) is 0.786. The first-order valence-electron chi connectivity index (χ1n) is 7.88. The number of carbonyl (C=O) groups excluding carboxylic acids is 1. The number of nitrogens with zero attached hydrogens (tertiary/aromatic N) is 3. The van der Waals surface area contributed by atoms with Crippen LogP contribution in [0.15, 0.2) is 42.9 Å². The second-order valence-corrected chi connectivity index (χ2v) is 6.30. The fraction of sp³-hybridized carbons (Fsp3) is 0.333. The Kier molecular flexibility index (Phi) is 4.19. The van der Waals surface area contributed by atoms with Gasteiger partial charge in [0.1, 0.15) is 0 Å². The second-order valence-electron chi connectivity index (χ2n) is 6.30. The summed E-state index contributed by atoms with van der Waals surface area (Å²) < 4.78 is 4.03. The lowest BCUT2D eigenvalue weighted by Crippen LogP contribution is -2.18. The van der Waals surface area contributed by atoms with Crippen molar-refractivity contribution in [1.82, 2.24) is 14.1 Å². The third-order valence-corrected chi connectivity index (χ3v) is 3.86. The van der Waals surface area contributed by atoms with E-state index in [0.717, 1.165) is 23.0 Å². The highest BCUT2D eigenvalue weighted by atomic mass is 16.1. The summed E-state index contributed by atoms with van der Waals surface area (Å²) in [6.45, 7) is 5.12. The van der Waals surface area contributed by atoms with Gasteiger partial charge in [0.2, 0.25) is 11.9 Å². The van der Waals surface area contributed by atoms with Gasteiger partial charge in [-0.05, 0) is 17.5 Å². The maximum Gasteiger partial charge on any atom is 0.231 e. The smallest absolute Gasteiger partial charge is 0.231 e. The van der Waals surface area contributed by atoms with Crippen molar-refractivity contribution in [2.24, 2.45) is 13.0 Å². The fourth-order valence-corrected chi connectivity index (χ4v) is 2.88. The van der Waals surface area contributed by atoms with Crippen LogP contribution in [0.4, 0.5) is 5.95 Å². The molecule has 0 aliphatic carbocycles. The van der Waals surface area contributed by atoms with Crippen LogP contribution in [-0.4, -0.2) is 20.0 Å². The van der Waals surface area contributed by atoms with Crippen molar-refractivity contribution in [3.63, 3.8) is 0 Å². The molecule has 2 heterocycles. The second kappa shape index (κ2) is 6.28. The molecule has 3 rings (SSSR count). The summed E-state index contributed by atoms with van der Waals surface area (Å²) in [5.41, 5.74) is 2.17. The van der Waals surface area contributed by atoms with Crippen molar-refractivity contribution >= 4 is 22.8 Å². The maximum atomic E-state index is 12.4. The number of benzene rings is 1. The number of carbonyl (C=O) groups is 1. The van der Waals surface area contributed by atoms with Crippen molar-refractivity contribution in [3.05, 3.63) is 48.4 Å². The van der Waals surface area contributed by atoms with Gasteiger partial charge in [-0.1, -0.05) is 32.0 Å². The largest absolute Gasteiger partial charge is 0.350 e. The zero-order valence-electron chi connectivity index (χ0n) is 13.8. The monoisotopic (exact) mass is 310 g/mol. The third-order valence-electron chi connectivity index (χ3n) is 3.86. The van der Waals surface area contributed by atoms with Crippen LogP contribution in [0, 0.1) is 5.92 Å². The number of aryl methyl sites for hydroxylation is 1.